The van der Waals surface area contributed by atoms with Crippen LogP contribution in [0.5, 0.6) is 0 Å². The number of likely N-dealkylation sites (N-methyl/N-ethyl adjacent to an activating group) is 1. The van der Waals surface area contributed by atoms with Gasteiger partial charge in [0.1, 0.15) is 11.5 Å². The number of rotatable bonds is 5. The molecule has 1 saturated carbocycles. The zero-order valence-corrected chi connectivity index (χ0v) is 17.8. The highest BCUT2D eigenvalue weighted by Crippen LogP contribution is 2.57. The molecule has 3 aliphatic rings. The van der Waals surface area contributed by atoms with Gasteiger partial charge in [0.25, 0.3) is 5.91 Å². The Hall–Kier alpha value is -2.13. The number of carbonyl (C=O) groups is 1. The van der Waals surface area contributed by atoms with Gasteiger partial charge in [-0.1, -0.05) is 0 Å². The molecule has 2 aliphatic carbocycles. The summed E-state index contributed by atoms with van der Waals surface area (Å²) in [4.78, 5) is 15.1. The monoisotopic (exact) mass is 434 g/mol. The van der Waals surface area contributed by atoms with Crippen LogP contribution in [0.25, 0.3) is 5.69 Å². The fraction of sp³-hybridized carbons (Fsp3) is 0.524. The number of amides is 1. The lowest BCUT2D eigenvalue weighted by Crippen LogP contribution is -2.53. The molecule has 1 aliphatic heterocycles. The lowest BCUT2D eigenvalue weighted by molar-refractivity contribution is 0.0907. The summed E-state index contributed by atoms with van der Waals surface area (Å²) in [5.74, 6) is 0.270. The van der Waals surface area contributed by atoms with Gasteiger partial charge in [-0.25, -0.2) is 13.5 Å². The van der Waals surface area contributed by atoms with Gasteiger partial charge in [0.2, 0.25) is 0 Å². The van der Waals surface area contributed by atoms with E-state index >= 15 is 0 Å². The predicted molar refractivity (Wildman–Crippen MR) is 109 cm³/mol. The van der Waals surface area contributed by atoms with E-state index in [0.29, 0.717) is 29.7 Å². The Morgan fingerprint density at radius 3 is 2.87 bits per heavy atom. The summed E-state index contributed by atoms with van der Waals surface area (Å²) in [5.41, 5.74) is 1.88. The highest BCUT2D eigenvalue weighted by Gasteiger charge is 2.50. The van der Waals surface area contributed by atoms with Crippen molar-refractivity contribution >= 4 is 16.7 Å². The van der Waals surface area contributed by atoms with Gasteiger partial charge in [-0.15, -0.1) is 0 Å². The highest BCUT2D eigenvalue weighted by molar-refractivity contribution is 7.85. The van der Waals surface area contributed by atoms with Gasteiger partial charge < -0.3 is 10.2 Å². The third kappa shape index (κ3) is 3.10. The van der Waals surface area contributed by atoms with Crippen molar-refractivity contribution in [1.82, 2.24) is 20.0 Å². The molecule has 160 valence electrons. The molecule has 1 aromatic heterocycles. The Kier molecular flexibility index (Phi) is 4.59. The lowest BCUT2D eigenvalue weighted by Gasteiger charge is -2.35. The highest BCUT2D eigenvalue weighted by atomic mass is 32.2. The molecule has 1 aromatic carbocycles. The van der Waals surface area contributed by atoms with Crippen LogP contribution in [-0.2, 0) is 17.2 Å². The minimum atomic E-state index is -0.881. The van der Waals surface area contributed by atoms with Gasteiger partial charge in [-0.3, -0.25) is 9.00 Å². The van der Waals surface area contributed by atoms with Gasteiger partial charge >= 0.3 is 0 Å². The van der Waals surface area contributed by atoms with Crippen LogP contribution in [0.15, 0.2) is 18.2 Å². The van der Waals surface area contributed by atoms with Gasteiger partial charge in [-0.2, -0.15) is 5.10 Å². The molecule has 0 spiro atoms. The molecule has 6 nitrogen and oxygen atoms in total. The summed E-state index contributed by atoms with van der Waals surface area (Å²) in [6.07, 6.45) is 2.52. The van der Waals surface area contributed by atoms with Crippen molar-refractivity contribution < 1.29 is 17.8 Å². The fourth-order valence-corrected chi connectivity index (χ4v) is 6.72. The molecule has 4 atom stereocenters. The molecule has 5 rings (SSSR count). The molecule has 2 aromatic rings. The number of benzene rings is 1. The third-order valence-electron chi connectivity index (χ3n) is 6.87. The summed E-state index contributed by atoms with van der Waals surface area (Å²) in [7, 11) is 2.99. The van der Waals surface area contributed by atoms with Crippen LogP contribution in [0, 0.1) is 17.6 Å². The van der Waals surface area contributed by atoms with Crippen LogP contribution >= 0.6 is 0 Å². The zero-order chi connectivity index (χ0) is 21.2. The average molecular weight is 435 g/mol. The van der Waals surface area contributed by atoms with E-state index < -0.39 is 22.4 Å². The summed E-state index contributed by atoms with van der Waals surface area (Å²) < 4.78 is 41.3. The molecular weight excluding hydrogens is 410 g/mol. The van der Waals surface area contributed by atoms with Crippen LogP contribution in [0.4, 0.5) is 8.78 Å². The molecule has 0 radical (unpaired) electrons. The number of fused-ring (bicyclic) bond motifs is 3. The zero-order valence-electron chi connectivity index (χ0n) is 17.0. The fourth-order valence-electron chi connectivity index (χ4n) is 4.86. The molecule has 2 heterocycles. The molecule has 2 unspecified atom stereocenters. The lowest BCUT2D eigenvalue weighted by atomic mass is 9.97. The van der Waals surface area contributed by atoms with Crippen LogP contribution in [-0.4, -0.2) is 62.5 Å². The maximum atomic E-state index is 14.4. The van der Waals surface area contributed by atoms with Crippen molar-refractivity contribution in [3.05, 3.63) is 46.8 Å². The maximum Gasteiger partial charge on any atom is 0.272 e. The van der Waals surface area contributed by atoms with Gasteiger partial charge in [0.15, 0.2) is 11.5 Å². The second-order valence-electron chi connectivity index (χ2n) is 8.87. The number of halogens is 2. The Bertz CT molecular complexity index is 1070. The van der Waals surface area contributed by atoms with Crippen LogP contribution in [0.2, 0.25) is 0 Å². The van der Waals surface area contributed by atoms with Gasteiger partial charge in [0.05, 0.1) is 11.2 Å². The minimum Gasteiger partial charge on any atom is -0.349 e. The van der Waals surface area contributed by atoms with E-state index in [9.17, 15) is 17.8 Å². The van der Waals surface area contributed by atoms with Crippen molar-refractivity contribution in [2.24, 2.45) is 5.92 Å². The number of hydrogen-bond donors (Lipinski definition) is 1. The third-order valence-corrected chi connectivity index (χ3v) is 8.39. The van der Waals surface area contributed by atoms with Crippen LogP contribution in [0.3, 0.4) is 0 Å². The average Bonchev–Trinajstić information content (AvgIpc) is 3.02. The number of carbonyl (C=O) groups excluding carboxylic acids is 1. The number of hydrogen-bond acceptors (Lipinski definition) is 4. The SMILES string of the molecule is CN(C)C1(CNC(=O)c2nn(-c3ccc(F)cc3F)c3c2C[C@@H]2C[C@H]32)CCS(=O)C1. The molecular formula is C21H24F2N4O2S. The van der Waals surface area contributed by atoms with Crippen molar-refractivity contribution in [3.8, 4) is 5.69 Å². The Balaban J connectivity index is 1.45. The standard InChI is InChI=1S/C21H24F2N4O2S/c1-26(2)21(5-6-30(29)11-21)10-24-20(28)18-15-8-12-7-14(12)19(15)27(25-18)17-4-3-13(22)9-16(17)23/h3-4,9,12,14H,5-8,10-11H2,1-2H3,(H,24,28)/t12-,14-,21?,30?/m0/s1. The Labute approximate surface area is 176 Å². The molecule has 2 fully saturated rings. The number of nitrogens with one attached hydrogen (secondary N) is 1. The van der Waals surface area contributed by atoms with Crippen LogP contribution < -0.4 is 5.32 Å². The first kappa shape index (κ1) is 19.8. The first-order valence-electron chi connectivity index (χ1n) is 10.2. The van der Waals surface area contributed by atoms with Crippen molar-refractivity contribution in [2.75, 3.05) is 32.1 Å². The summed E-state index contributed by atoms with van der Waals surface area (Å²) in [6, 6.07) is 3.40. The molecule has 0 bridgehead atoms. The van der Waals surface area contributed by atoms with Crippen LogP contribution in [0.1, 0.15) is 40.5 Å². The second-order valence-corrected chi connectivity index (χ2v) is 10.4. The van der Waals surface area contributed by atoms with Crippen molar-refractivity contribution in [3.63, 3.8) is 0 Å². The molecule has 30 heavy (non-hydrogen) atoms. The smallest absolute Gasteiger partial charge is 0.272 e. The molecule has 1 amide bonds. The normalized spacial score (nSPS) is 29.2. The van der Waals surface area contributed by atoms with E-state index in [1.807, 2.05) is 19.0 Å². The van der Waals surface area contributed by atoms with Gasteiger partial charge in [-0.05, 0) is 51.4 Å². The summed E-state index contributed by atoms with van der Waals surface area (Å²) in [5, 5.41) is 7.45. The molecule has 1 saturated heterocycles. The minimum absolute atomic E-state index is 0.162. The predicted octanol–water partition coefficient (Wildman–Crippen LogP) is 1.99. The summed E-state index contributed by atoms with van der Waals surface area (Å²) >= 11 is 0. The van der Waals surface area contributed by atoms with Gasteiger partial charge in [0, 0.05) is 46.4 Å². The van der Waals surface area contributed by atoms with E-state index in [4.69, 9.17) is 0 Å². The maximum absolute atomic E-state index is 14.4. The number of nitrogens with zero attached hydrogens (tertiary/aromatic N) is 3. The molecule has 1 N–H and O–H groups in total. The Morgan fingerprint density at radius 1 is 1.40 bits per heavy atom. The van der Waals surface area contributed by atoms with Crippen molar-refractivity contribution in [1.29, 1.82) is 0 Å². The van der Waals surface area contributed by atoms with Crippen molar-refractivity contribution in [2.45, 2.75) is 30.7 Å². The second kappa shape index (κ2) is 6.95. The van der Waals surface area contributed by atoms with E-state index in [-0.39, 0.29) is 23.1 Å². The summed E-state index contributed by atoms with van der Waals surface area (Å²) in [6.45, 7) is 0.379. The molecule has 9 heteroatoms. The van der Waals surface area contributed by atoms with E-state index in [1.165, 1.54) is 16.8 Å². The number of aromatic nitrogens is 2. The largest absolute Gasteiger partial charge is 0.349 e. The topological polar surface area (TPSA) is 67.2 Å². The quantitative estimate of drug-likeness (QED) is 0.782. The van der Waals surface area contributed by atoms with E-state index in [0.717, 1.165) is 36.6 Å². The Morgan fingerprint density at radius 2 is 2.20 bits per heavy atom. The first-order valence-corrected chi connectivity index (χ1v) is 11.7. The van der Waals surface area contributed by atoms with E-state index in [1.54, 1.807) is 0 Å². The first-order chi connectivity index (χ1) is 14.3. The van der Waals surface area contributed by atoms with E-state index in [2.05, 4.69) is 10.4 Å².